The van der Waals surface area contributed by atoms with Crippen LogP contribution >= 0.6 is 0 Å². The molecule has 1 heterocycles. The van der Waals surface area contributed by atoms with Crippen LogP contribution in [0, 0.1) is 5.82 Å². The van der Waals surface area contributed by atoms with E-state index < -0.39 is 5.54 Å². The summed E-state index contributed by atoms with van der Waals surface area (Å²) in [5.74, 6) is -0.586. The Balaban J connectivity index is 2.19. The monoisotopic (exact) mass is 278 g/mol. The Kier molecular flexibility index (Phi) is 4.37. The maximum atomic E-state index is 13.1. The molecule has 0 spiro atoms. The van der Waals surface area contributed by atoms with Crippen molar-refractivity contribution in [1.82, 2.24) is 5.01 Å². The van der Waals surface area contributed by atoms with Crippen LogP contribution in [0.3, 0.4) is 0 Å². The molecule has 0 radical (unpaired) electrons. The molecular formula is C15H19FN2O2. The molecule has 1 aromatic rings. The molecule has 1 unspecified atom stereocenters. The van der Waals surface area contributed by atoms with Crippen molar-refractivity contribution < 1.29 is 13.9 Å². The highest BCUT2D eigenvalue weighted by Crippen LogP contribution is 2.29. The number of piperidine rings is 1. The summed E-state index contributed by atoms with van der Waals surface area (Å²) in [7, 11) is 1.39. The second-order valence-electron chi connectivity index (χ2n) is 5.15. The number of ether oxygens (including phenoxy) is 1. The van der Waals surface area contributed by atoms with Crippen molar-refractivity contribution in [2.24, 2.45) is 5.10 Å². The van der Waals surface area contributed by atoms with Crippen molar-refractivity contribution >= 4 is 12.2 Å². The third-order valence-electron chi connectivity index (χ3n) is 3.67. The lowest BCUT2D eigenvalue weighted by molar-refractivity contribution is -0.156. The first-order chi connectivity index (χ1) is 9.56. The normalized spacial score (nSPS) is 23.1. The minimum atomic E-state index is -0.739. The molecule has 1 aliphatic heterocycles. The molecule has 1 saturated heterocycles. The summed E-state index contributed by atoms with van der Waals surface area (Å²) >= 11 is 0. The summed E-state index contributed by atoms with van der Waals surface area (Å²) in [6, 6.07) is 6.19. The summed E-state index contributed by atoms with van der Waals surface area (Å²) in [5, 5.41) is 6.10. The molecule has 20 heavy (non-hydrogen) atoms. The van der Waals surface area contributed by atoms with Crippen LogP contribution < -0.4 is 0 Å². The fraction of sp³-hybridized carbons (Fsp3) is 0.467. The summed E-state index contributed by atoms with van der Waals surface area (Å²) in [6.07, 6.45) is 4.24. The van der Waals surface area contributed by atoms with Crippen molar-refractivity contribution in [2.45, 2.75) is 31.7 Å². The highest BCUT2D eigenvalue weighted by Gasteiger charge is 2.42. The van der Waals surface area contributed by atoms with E-state index in [1.165, 1.54) is 19.2 Å². The van der Waals surface area contributed by atoms with E-state index in [4.69, 9.17) is 4.74 Å². The summed E-state index contributed by atoms with van der Waals surface area (Å²) in [4.78, 5) is 12.0. The minimum absolute atomic E-state index is 0.284. The van der Waals surface area contributed by atoms with Gasteiger partial charge in [0.05, 0.1) is 13.3 Å². The van der Waals surface area contributed by atoms with E-state index in [9.17, 15) is 9.18 Å². The number of hydrogen-bond donors (Lipinski definition) is 0. The van der Waals surface area contributed by atoms with Gasteiger partial charge in [-0.1, -0.05) is 12.1 Å². The number of hydrogen-bond acceptors (Lipinski definition) is 4. The van der Waals surface area contributed by atoms with E-state index in [1.54, 1.807) is 23.4 Å². The van der Waals surface area contributed by atoms with Crippen LogP contribution in [-0.2, 0) is 9.53 Å². The smallest absolute Gasteiger partial charge is 0.333 e. The summed E-state index contributed by atoms with van der Waals surface area (Å²) in [6.45, 7) is 2.53. The van der Waals surface area contributed by atoms with Gasteiger partial charge in [0, 0.05) is 6.54 Å². The first kappa shape index (κ1) is 14.5. The second-order valence-corrected chi connectivity index (χ2v) is 5.15. The fourth-order valence-electron chi connectivity index (χ4n) is 2.44. The zero-order valence-electron chi connectivity index (χ0n) is 11.8. The highest BCUT2D eigenvalue weighted by molar-refractivity contribution is 5.82. The van der Waals surface area contributed by atoms with E-state index in [-0.39, 0.29) is 11.8 Å². The third kappa shape index (κ3) is 2.98. The maximum absolute atomic E-state index is 13.1. The van der Waals surface area contributed by atoms with Crippen molar-refractivity contribution in [3.63, 3.8) is 0 Å². The lowest BCUT2D eigenvalue weighted by atomic mass is 9.90. The van der Waals surface area contributed by atoms with Gasteiger partial charge in [-0.05, 0) is 43.9 Å². The Morgan fingerprint density at radius 2 is 2.30 bits per heavy atom. The molecule has 5 heteroatoms. The zero-order chi connectivity index (χ0) is 14.6. The molecule has 0 saturated carbocycles. The minimum Gasteiger partial charge on any atom is -0.467 e. The molecule has 0 amide bonds. The largest absolute Gasteiger partial charge is 0.467 e. The molecule has 0 aliphatic carbocycles. The predicted octanol–water partition coefficient (Wildman–Crippen LogP) is 2.58. The van der Waals surface area contributed by atoms with E-state index in [0.717, 1.165) is 12.8 Å². The summed E-state index contributed by atoms with van der Waals surface area (Å²) in [5.41, 5.74) is -0.0700. The number of benzene rings is 1. The average molecular weight is 278 g/mol. The number of esters is 1. The fourth-order valence-corrected chi connectivity index (χ4v) is 2.44. The molecule has 108 valence electrons. The van der Waals surface area contributed by atoms with Crippen LogP contribution in [0.15, 0.2) is 29.4 Å². The van der Waals surface area contributed by atoms with Crippen LogP contribution in [0.4, 0.5) is 4.39 Å². The Morgan fingerprint density at radius 3 is 3.00 bits per heavy atom. The molecule has 1 aliphatic rings. The van der Waals surface area contributed by atoms with Crippen LogP contribution in [0.5, 0.6) is 0 Å². The Bertz CT molecular complexity index is 518. The first-order valence-electron chi connectivity index (χ1n) is 6.72. The van der Waals surface area contributed by atoms with Gasteiger partial charge in [0.15, 0.2) is 5.54 Å². The molecule has 0 bridgehead atoms. The quantitative estimate of drug-likeness (QED) is 0.630. The van der Waals surface area contributed by atoms with Crippen molar-refractivity contribution in [3.8, 4) is 0 Å². The number of carbonyl (C=O) groups is 1. The zero-order valence-corrected chi connectivity index (χ0v) is 11.8. The van der Waals surface area contributed by atoms with Gasteiger partial charge in [-0.15, -0.1) is 0 Å². The van der Waals surface area contributed by atoms with Gasteiger partial charge in [0.25, 0.3) is 0 Å². The first-order valence-corrected chi connectivity index (χ1v) is 6.72. The molecule has 0 N–H and O–H groups in total. The SMILES string of the molecule is COC(=O)C1(C)CCCCN1/N=C/c1cccc(F)c1. The topological polar surface area (TPSA) is 41.9 Å². The van der Waals surface area contributed by atoms with E-state index in [2.05, 4.69) is 5.10 Å². The lowest BCUT2D eigenvalue weighted by Gasteiger charge is -2.40. The van der Waals surface area contributed by atoms with Crippen molar-refractivity contribution in [2.75, 3.05) is 13.7 Å². The highest BCUT2D eigenvalue weighted by atomic mass is 19.1. The van der Waals surface area contributed by atoms with Gasteiger partial charge in [0.1, 0.15) is 5.82 Å². The van der Waals surface area contributed by atoms with Crippen LogP contribution in [0.2, 0.25) is 0 Å². The van der Waals surface area contributed by atoms with Crippen molar-refractivity contribution in [1.29, 1.82) is 0 Å². The summed E-state index contributed by atoms with van der Waals surface area (Å²) < 4.78 is 18.0. The standard InChI is InChI=1S/C15H19FN2O2/c1-15(14(19)20-2)8-3-4-9-18(15)17-11-12-6-5-7-13(16)10-12/h5-7,10-11H,3-4,8-9H2,1-2H3/b17-11+. The average Bonchev–Trinajstić information content (AvgIpc) is 2.45. The van der Waals surface area contributed by atoms with E-state index in [0.29, 0.717) is 18.5 Å². The van der Waals surface area contributed by atoms with Gasteiger partial charge in [0.2, 0.25) is 0 Å². The Labute approximate surface area is 118 Å². The number of methoxy groups -OCH3 is 1. The van der Waals surface area contributed by atoms with Gasteiger partial charge in [-0.3, -0.25) is 5.01 Å². The van der Waals surface area contributed by atoms with Gasteiger partial charge >= 0.3 is 5.97 Å². The van der Waals surface area contributed by atoms with Crippen LogP contribution in [0.25, 0.3) is 0 Å². The van der Waals surface area contributed by atoms with Gasteiger partial charge < -0.3 is 4.74 Å². The lowest BCUT2D eigenvalue weighted by Crippen LogP contribution is -2.53. The van der Waals surface area contributed by atoms with Gasteiger partial charge in [-0.25, -0.2) is 9.18 Å². The number of carbonyl (C=O) groups excluding carboxylic acids is 1. The molecule has 4 nitrogen and oxygen atoms in total. The van der Waals surface area contributed by atoms with E-state index in [1.807, 2.05) is 6.92 Å². The van der Waals surface area contributed by atoms with E-state index >= 15 is 0 Å². The van der Waals surface area contributed by atoms with Crippen LogP contribution in [0.1, 0.15) is 31.7 Å². The molecule has 0 aromatic heterocycles. The van der Waals surface area contributed by atoms with Crippen LogP contribution in [-0.4, -0.2) is 36.4 Å². The number of halogens is 1. The predicted molar refractivity (Wildman–Crippen MR) is 75.0 cm³/mol. The molecular weight excluding hydrogens is 259 g/mol. The molecule has 1 fully saturated rings. The number of nitrogens with zero attached hydrogens (tertiary/aromatic N) is 2. The van der Waals surface area contributed by atoms with Gasteiger partial charge in [-0.2, -0.15) is 5.10 Å². The molecule has 2 rings (SSSR count). The molecule has 1 aromatic carbocycles. The second kappa shape index (κ2) is 6.03. The number of hydrazone groups is 1. The Hall–Kier alpha value is -1.91. The third-order valence-corrected chi connectivity index (χ3v) is 3.67. The number of rotatable bonds is 3. The molecule has 1 atom stereocenters. The Morgan fingerprint density at radius 1 is 1.50 bits per heavy atom. The van der Waals surface area contributed by atoms with Crippen molar-refractivity contribution in [3.05, 3.63) is 35.6 Å². The maximum Gasteiger partial charge on any atom is 0.333 e.